The fourth-order valence-corrected chi connectivity index (χ4v) is 4.08. The van der Waals surface area contributed by atoms with Crippen molar-refractivity contribution in [3.63, 3.8) is 0 Å². The molecule has 0 aliphatic rings. The van der Waals surface area contributed by atoms with E-state index in [1.807, 2.05) is 18.2 Å². The number of aromatic nitrogens is 2. The van der Waals surface area contributed by atoms with Gasteiger partial charge >= 0.3 is 0 Å². The Morgan fingerprint density at radius 2 is 1.83 bits per heavy atom. The van der Waals surface area contributed by atoms with Crippen LogP contribution in [0.15, 0.2) is 69.7 Å². The zero-order chi connectivity index (χ0) is 25.2. The molecule has 1 amide bonds. The lowest BCUT2D eigenvalue weighted by Gasteiger charge is -2.19. The third kappa shape index (κ3) is 6.48. The summed E-state index contributed by atoms with van der Waals surface area (Å²) >= 11 is 15.5. The fraction of sp³-hybridized carbons (Fsp3) is 0.231. The molecule has 0 fully saturated rings. The van der Waals surface area contributed by atoms with Crippen molar-refractivity contribution in [3.8, 4) is 5.75 Å². The quantitative estimate of drug-likeness (QED) is 0.244. The Bertz CT molecular complexity index is 1340. The molecule has 6 nitrogen and oxygen atoms in total. The maximum Gasteiger partial charge on any atom is 0.292 e. The van der Waals surface area contributed by atoms with E-state index >= 15 is 0 Å². The summed E-state index contributed by atoms with van der Waals surface area (Å²) < 4.78 is 13.8. The molecule has 2 aromatic carbocycles. The summed E-state index contributed by atoms with van der Waals surface area (Å²) in [4.78, 5) is 12.7. The van der Waals surface area contributed by atoms with Crippen molar-refractivity contribution in [3.05, 3.63) is 98.0 Å². The highest BCUT2D eigenvalue weighted by Crippen LogP contribution is 2.26. The lowest BCUT2D eigenvalue weighted by Crippen LogP contribution is -2.12. The third-order valence-corrected chi connectivity index (χ3v) is 6.58. The molecule has 0 spiro atoms. The molecule has 35 heavy (non-hydrogen) atoms. The molecule has 9 heteroatoms. The third-order valence-electron chi connectivity index (χ3n) is 5.26. The van der Waals surface area contributed by atoms with Crippen LogP contribution >= 0.6 is 39.1 Å². The molecular weight excluding hydrogens is 553 g/mol. The molecule has 1 N–H and O–H groups in total. The molecule has 0 saturated carbocycles. The predicted molar refractivity (Wildman–Crippen MR) is 142 cm³/mol. The van der Waals surface area contributed by atoms with Gasteiger partial charge in [0.15, 0.2) is 11.6 Å². The van der Waals surface area contributed by atoms with Gasteiger partial charge in [-0.25, -0.2) is 0 Å². The molecule has 4 rings (SSSR count). The molecule has 182 valence electrons. The zero-order valence-electron chi connectivity index (χ0n) is 19.4. The van der Waals surface area contributed by atoms with E-state index < -0.39 is 5.91 Å². The number of halogens is 3. The Morgan fingerprint density at radius 3 is 2.51 bits per heavy atom. The minimum absolute atomic E-state index is 0.0796. The van der Waals surface area contributed by atoms with Crippen LogP contribution in [-0.2, 0) is 18.6 Å². The summed E-state index contributed by atoms with van der Waals surface area (Å²) in [6, 6.07) is 16.7. The smallest absolute Gasteiger partial charge is 0.292 e. The van der Waals surface area contributed by atoms with Gasteiger partial charge in [0.25, 0.3) is 5.91 Å². The van der Waals surface area contributed by atoms with Crippen LogP contribution in [0, 0.1) is 0 Å². The van der Waals surface area contributed by atoms with Gasteiger partial charge in [0.05, 0.1) is 21.1 Å². The minimum Gasteiger partial charge on any atom is -0.486 e. The molecule has 0 aliphatic heterocycles. The van der Waals surface area contributed by atoms with Gasteiger partial charge in [-0.3, -0.25) is 9.48 Å². The van der Waals surface area contributed by atoms with Crippen molar-refractivity contribution in [2.75, 3.05) is 5.32 Å². The maximum absolute atomic E-state index is 12.7. The number of hydrogen-bond donors (Lipinski definition) is 1. The van der Waals surface area contributed by atoms with Gasteiger partial charge in [0.1, 0.15) is 18.1 Å². The number of furan rings is 1. The van der Waals surface area contributed by atoms with E-state index in [0.717, 1.165) is 11.3 Å². The fourth-order valence-electron chi connectivity index (χ4n) is 3.34. The number of nitrogens with one attached hydrogen (secondary N) is 1. The SMILES string of the molecule is CC(C)(C)c1ccc(OCc2ccc(C(=O)Nc3nn(Cc4ccc(Cl)c(Cl)c4)cc3Br)o2)cc1. The molecule has 0 aliphatic carbocycles. The normalized spacial score (nSPS) is 11.5. The minimum atomic E-state index is -0.411. The van der Waals surface area contributed by atoms with E-state index in [1.54, 1.807) is 35.1 Å². The van der Waals surface area contributed by atoms with Crippen LogP contribution < -0.4 is 10.1 Å². The number of nitrogens with zero attached hydrogens (tertiary/aromatic N) is 2. The molecule has 0 atom stereocenters. The van der Waals surface area contributed by atoms with Gasteiger partial charge in [-0.15, -0.1) is 0 Å². The lowest BCUT2D eigenvalue weighted by atomic mass is 9.87. The van der Waals surface area contributed by atoms with Gasteiger partial charge < -0.3 is 14.5 Å². The predicted octanol–water partition coefficient (Wildman–Crippen LogP) is 7.72. The monoisotopic (exact) mass is 575 g/mol. The summed E-state index contributed by atoms with van der Waals surface area (Å²) in [6.07, 6.45) is 1.77. The summed E-state index contributed by atoms with van der Waals surface area (Å²) in [5.41, 5.74) is 2.24. The van der Waals surface area contributed by atoms with Gasteiger partial charge in [0, 0.05) is 6.20 Å². The molecular formula is C26H24BrCl2N3O3. The number of amides is 1. The number of benzene rings is 2. The summed E-state index contributed by atoms with van der Waals surface area (Å²) in [5, 5.41) is 8.15. The number of anilines is 1. The average Bonchev–Trinajstić information content (AvgIpc) is 3.41. The van der Waals surface area contributed by atoms with Crippen LogP contribution in [0.2, 0.25) is 10.0 Å². The molecule has 0 radical (unpaired) electrons. The molecule has 2 heterocycles. The van der Waals surface area contributed by atoms with Crippen LogP contribution in [0.1, 0.15) is 48.2 Å². The van der Waals surface area contributed by atoms with E-state index in [1.165, 1.54) is 5.56 Å². The first-order chi connectivity index (χ1) is 16.6. The van der Waals surface area contributed by atoms with E-state index in [4.69, 9.17) is 32.4 Å². The average molecular weight is 577 g/mol. The first-order valence-corrected chi connectivity index (χ1v) is 12.4. The van der Waals surface area contributed by atoms with Crippen LogP contribution in [-0.4, -0.2) is 15.7 Å². The van der Waals surface area contributed by atoms with E-state index in [0.29, 0.717) is 32.6 Å². The van der Waals surface area contributed by atoms with Crippen LogP contribution in [0.5, 0.6) is 5.75 Å². The first kappa shape index (κ1) is 25.4. The van der Waals surface area contributed by atoms with Crippen LogP contribution in [0.4, 0.5) is 5.82 Å². The van der Waals surface area contributed by atoms with Gasteiger partial charge in [0.2, 0.25) is 0 Å². The second kappa shape index (κ2) is 10.5. The Morgan fingerprint density at radius 1 is 1.09 bits per heavy atom. The largest absolute Gasteiger partial charge is 0.486 e. The molecule has 0 unspecified atom stereocenters. The van der Waals surface area contributed by atoms with Gasteiger partial charge in [-0.2, -0.15) is 5.10 Å². The highest BCUT2D eigenvalue weighted by Gasteiger charge is 2.17. The van der Waals surface area contributed by atoms with Gasteiger partial charge in [-0.1, -0.05) is 62.2 Å². The first-order valence-electron chi connectivity index (χ1n) is 10.9. The maximum atomic E-state index is 12.7. The van der Waals surface area contributed by atoms with Crippen molar-refractivity contribution in [2.24, 2.45) is 0 Å². The van der Waals surface area contributed by atoms with Crippen molar-refractivity contribution < 1.29 is 13.9 Å². The van der Waals surface area contributed by atoms with Gasteiger partial charge in [-0.05, 0) is 68.9 Å². The zero-order valence-corrected chi connectivity index (χ0v) is 22.5. The number of hydrogen-bond acceptors (Lipinski definition) is 4. The second-order valence-electron chi connectivity index (χ2n) is 9.05. The standard InChI is InChI=1S/C26H24BrCl2N3O3/c1-26(2,3)17-5-7-18(8-6-17)34-15-19-9-11-23(35-19)25(33)30-24-20(27)14-32(31-24)13-16-4-10-21(28)22(29)12-16/h4-12,14H,13,15H2,1-3H3,(H,30,31,33). The van der Waals surface area contributed by atoms with Crippen molar-refractivity contribution in [2.45, 2.75) is 39.3 Å². The number of ether oxygens (including phenoxy) is 1. The summed E-state index contributed by atoms with van der Waals surface area (Å²) in [6.45, 7) is 7.17. The van der Waals surface area contributed by atoms with E-state index in [-0.39, 0.29) is 17.8 Å². The Labute approximate surface area is 222 Å². The summed E-state index contributed by atoms with van der Waals surface area (Å²) in [7, 11) is 0. The molecule has 0 bridgehead atoms. The Hall–Kier alpha value is -2.74. The number of rotatable bonds is 7. The van der Waals surface area contributed by atoms with Crippen molar-refractivity contribution in [1.82, 2.24) is 9.78 Å². The highest BCUT2D eigenvalue weighted by atomic mass is 79.9. The van der Waals surface area contributed by atoms with Crippen molar-refractivity contribution >= 4 is 50.9 Å². The van der Waals surface area contributed by atoms with Crippen LogP contribution in [0.25, 0.3) is 0 Å². The Balaban J connectivity index is 1.35. The Kier molecular flexibility index (Phi) is 7.59. The van der Waals surface area contributed by atoms with E-state index in [2.05, 4.69) is 59.2 Å². The van der Waals surface area contributed by atoms with E-state index in [9.17, 15) is 4.79 Å². The highest BCUT2D eigenvalue weighted by molar-refractivity contribution is 9.10. The molecule has 2 aromatic heterocycles. The number of carbonyl (C=O) groups excluding carboxylic acids is 1. The summed E-state index contributed by atoms with van der Waals surface area (Å²) in [5.74, 6) is 1.41. The molecule has 4 aromatic rings. The second-order valence-corrected chi connectivity index (χ2v) is 10.7. The topological polar surface area (TPSA) is 69.3 Å². The van der Waals surface area contributed by atoms with Crippen molar-refractivity contribution in [1.29, 1.82) is 0 Å². The number of carbonyl (C=O) groups is 1. The van der Waals surface area contributed by atoms with Crippen LogP contribution in [0.3, 0.4) is 0 Å². The lowest BCUT2D eigenvalue weighted by molar-refractivity contribution is 0.0992. The molecule has 0 saturated heterocycles.